The van der Waals surface area contributed by atoms with Crippen molar-refractivity contribution in [3.8, 4) is 0 Å². The van der Waals surface area contributed by atoms with E-state index >= 15 is 0 Å². The largest absolute Gasteiger partial charge is 0.481 e. The lowest BCUT2D eigenvalue weighted by Crippen LogP contribution is -2.58. The number of carboxylic acid groups (broad SMARTS) is 2. The van der Waals surface area contributed by atoms with E-state index in [0.29, 0.717) is 6.42 Å². The molecule has 3 amide bonds. The first-order chi connectivity index (χ1) is 16.1. The van der Waals surface area contributed by atoms with E-state index in [0.717, 1.165) is 0 Å². The molecule has 0 bridgehead atoms. The maximum atomic E-state index is 12.8. The van der Waals surface area contributed by atoms with Crippen molar-refractivity contribution in [2.45, 2.75) is 77.5 Å². The molecule has 4 unspecified atom stereocenters. The van der Waals surface area contributed by atoms with Crippen LogP contribution in [0.3, 0.4) is 0 Å². The van der Waals surface area contributed by atoms with Crippen molar-refractivity contribution in [1.82, 2.24) is 16.0 Å². The molecule has 0 aliphatic rings. The minimum atomic E-state index is -1.48. The Morgan fingerprint density at radius 3 is 1.89 bits per heavy atom. The van der Waals surface area contributed by atoms with Gasteiger partial charge in [-0.2, -0.15) is 0 Å². The molecular formula is C21H39N7O7. The van der Waals surface area contributed by atoms with Gasteiger partial charge in [0.2, 0.25) is 17.7 Å². The third kappa shape index (κ3) is 13.2. The quantitative estimate of drug-likeness (QED) is 0.0661. The standard InChI is InChI=1S/C21H39N7O7/c1-10(2)8-12(22)17(31)27-14(9-15(29)30)18(32)28-16(11(3)4)19(33)26-13(20(34)35)6-5-7-25-21(23)24/h10-14,16H,5-9,22H2,1-4H3,(H,26,33)(H,27,31)(H,28,32)(H,29,30)(H,34,35)(H4,23,24,25). The van der Waals surface area contributed by atoms with Crippen molar-refractivity contribution in [3.63, 3.8) is 0 Å². The number of nitrogens with two attached hydrogens (primary N) is 3. The zero-order chi connectivity index (χ0) is 27.3. The van der Waals surface area contributed by atoms with E-state index in [2.05, 4.69) is 20.9 Å². The second-order valence-corrected chi connectivity index (χ2v) is 8.97. The van der Waals surface area contributed by atoms with E-state index in [4.69, 9.17) is 22.3 Å². The first-order valence-corrected chi connectivity index (χ1v) is 11.3. The molecule has 0 aromatic heterocycles. The highest BCUT2D eigenvalue weighted by Gasteiger charge is 2.32. The van der Waals surface area contributed by atoms with Crippen LogP contribution in [0.4, 0.5) is 0 Å². The van der Waals surface area contributed by atoms with Gasteiger partial charge in [0.1, 0.15) is 18.1 Å². The maximum Gasteiger partial charge on any atom is 0.326 e. The number of aliphatic imine (C=N–C) groups is 1. The van der Waals surface area contributed by atoms with Gasteiger partial charge in [0.25, 0.3) is 0 Å². The topological polar surface area (TPSA) is 252 Å². The molecule has 0 fully saturated rings. The Kier molecular flexibility index (Phi) is 14.0. The minimum absolute atomic E-state index is 0.0298. The first kappa shape index (κ1) is 31.6. The molecule has 0 saturated carbocycles. The maximum absolute atomic E-state index is 12.8. The number of rotatable bonds is 16. The van der Waals surface area contributed by atoms with Crippen LogP contribution in [0, 0.1) is 11.8 Å². The summed E-state index contributed by atoms with van der Waals surface area (Å²) in [7, 11) is 0. The lowest BCUT2D eigenvalue weighted by Gasteiger charge is -2.26. The summed E-state index contributed by atoms with van der Waals surface area (Å²) in [5.41, 5.74) is 16.3. The average Bonchev–Trinajstić information content (AvgIpc) is 2.71. The Morgan fingerprint density at radius 1 is 0.857 bits per heavy atom. The lowest BCUT2D eigenvalue weighted by molar-refractivity contribution is -0.143. The molecular weight excluding hydrogens is 462 g/mol. The van der Waals surface area contributed by atoms with Crippen molar-refractivity contribution in [1.29, 1.82) is 0 Å². The molecule has 0 aromatic carbocycles. The van der Waals surface area contributed by atoms with Crippen molar-refractivity contribution >= 4 is 35.6 Å². The summed E-state index contributed by atoms with van der Waals surface area (Å²) < 4.78 is 0. The van der Waals surface area contributed by atoms with Crippen molar-refractivity contribution in [3.05, 3.63) is 0 Å². The first-order valence-electron chi connectivity index (χ1n) is 11.3. The molecule has 14 nitrogen and oxygen atoms in total. The Labute approximate surface area is 204 Å². The molecule has 0 aromatic rings. The second kappa shape index (κ2) is 15.5. The van der Waals surface area contributed by atoms with Crippen LogP contribution in [0.1, 0.15) is 53.4 Å². The highest BCUT2D eigenvalue weighted by atomic mass is 16.4. The van der Waals surface area contributed by atoms with Gasteiger partial charge in [-0.25, -0.2) is 4.79 Å². The molecule has 0 spiro atoms. The van der Waals surface area contributed by atoms with Crippen molar-refractivity contribution in [2.24, 2.45) is 34.0 Å². The number of carbonyl (C=O) groups excluding carboxylic acids is 3. The van der Waals surface area contributed by atoms with Gasteiger partial charge in [-0.1, -0.05) is 27.7 Å². The molecule has 0 aliphatic heterocycles. The van der Waals surface area contributed by atoms with Gasteiger partial charge in [-0.3, -0.25) is 24.2 Å². The van der Waals surface area contributed by atoms with Gasteiger partial charge in [0.15, 0.2) is 5.96 Å². The third-order valence-corrected chi connectivity index (χ3v) is 4.88. The Balaban J connectivity index is 5.39. The van der Waals surface area contributed by atoms with Gasteiger partial charge < -0.3 is 43.4 Å². The Bertz CT molecular complexity index is 782. The number of nitrogens with one attached hydrogen (secondary N) is 3. The monoisotopic (exact) mass is 501 g/mol. The number of hydrogen-bond donors (Lipinski definition) is 8. The molecule has 14 heteroatoms. The molecule has 4 atom stereocenters. The molecule has 11 N–H and O–H groups in total. The average molecular weight is 502 g/mol. The van der Waals surface area contributed by atoms with E-state index in [9.17, 15) is 29.1 Å². The third-order valence-electron chi connectivity index (χ3n) is 4.88. The number of hydrogen-bond acceptors (Lipinski definition) is 7. The zero-order valence-electron chi connectivity index (χ0n) is 20.6. The van der Waals surface area contributed by atoms with Crippen LogP contribution in [0.25, 0.3) is 0 Å². The number of guanidine groups is 1. The van der Waals surface area contributed by atoms with Crippen LogP contribution in [-0.2, 0) is 24.0 Å². The smallest absolute Gasteiger partial charge is 0.326 e. The van der Waals surface area contributed by atoms with Crippen molar-refractivity contribution < 1.29 is 34.2 Å². The van der Waals surface area contributed by atoms with E-state index in [1.54, 1.807) is 13.8 Å². The van der Waals surface area contributed by atoms with Gasteiger partial charge in [0, 0.05) is 6.54 Å². The molecule has 0 heterocycles. The van der Waals surface area contributed by atoms with E-state index in [1.165, 1.54) is 0 Å². The second-order valence-electron chi connectivity index (χ2n) is 8.97. The zero-order valence-corrected chi connectivity index (χ0v) is 20.6. The Morgan fingerprint density at radius 2 is 1.43 bits per heavy atom. The lowest BCUT2D eigenvalue weighted by atomic mass is 10.0. The number of carboxylic acids is 2. The van der Waals surface area contributed by atoms with Gasteiger partial charge >= 0.3 is 11.9 Å². The summed E-state index contributed by atoms with van der Waals surface area (Å²) >= 11 is 0. The van der Waals surface area contributed by atoms with E-state index in [-0.39, 0.29) is 31.3 Å². The summed E-state index contributed by atoms with van der Waals surface area (Å²) in [6, 6.07) is -4.89. The Hall–Kier alpha value is -3.42. The van der Waals surface area contributed by atoms with E-state index in [1.807, 2.05) is 13.8 Å². The molecule has 200 valence electrons. The number of carbonyl (C=O) groups is 5. The van der Waals surface area contributed by atoms with Gasteiger partial charge in [-0.15, -0.1) is 0 Å². The van der Waals surface area contributed by atoms with Gasteiger partial charge in [-0.05, 0) is 31.1 Å². The van der Waals surface area contributed by atoms with Crippen molar-refractivity contribution in [2.75, 3.05) is 6.54 Å². The summed E-state index contributed by atoms with van der Waals surface area (Å²) in [4.78, 5) is 64.5. The summed E-state index contributed by atoms with van der Waals surface area (Å²) in [5, 5.41) is 25.7. The molecule has 0 aliphatic carbocycles. The normalized spacial score (nSPS) is 14.4. The number of nitrogens with zero attached hydrogens (tertiary/aromatic N) is 1. The molecule has 35 heavy (non-hydrogen) atoms. The minimum Gasteiger partial charge on any atom is -0.481 e. The highest BCUT2D eigenvalue weighted by molar-refractivity contribution is 5.95. The fraction of sp³-hybridized carbons (Fsp3) is 0.714. The van der Waals surface area contributed by atoms with Crippen LogP contribution in [0.15, 0.2) is 4.99 Å². The molecule has 0 rings (SSSR count). The van der Waals surface area contributed by atoms with Gasteiger partial charge in [0.05, 0.1) is 12.5 Å². The van der Waals surface area contributed by atoms with Crippen LogP contribution < -0.4 is 33.2 Å². The van der Waals surface area contributed by atoms with E-state index < -0.39 is 66.2 Å². The highest BCUT2D eigenvalue weighted by Crippen LogP contribution is 2.08. The van der Waals surface area contributed by atoms with Crippen LogP contribution in [0.5, 0.6) is 0 Å². The molecule has 0 radical (unpaired) electrons. The number of aliphatic carboxylic acids is 2. The van der Waals surface area contributed by atoms with Crippen LogP contribution in [-0.4, -0.2) is 76.5 Å². The summed E-state index contributed by atoms with van der Waals surface area (Å²) in [5.74, 6) is -5.55. The SMILES string of the molecule is CC(C)CC(N)C(=O)NC(CC(=O)O)C(=O)NC(C(=O)NC(CCCN=C(N)N)C(=O)O)C(C)C. The fourth-order valence-electron chi connectivity index (χ4n) is 3.09. The predicted molar refractivity (Wildman–Crippen MR) is 128 cm³/mol. The molecule has 0 saturated heterocycles. The van der Waals surface area contributed by atoms with Crippen LogP contribution >= 0.6 is 0 Å². The summed E-state index contributed by atoms with van der Waals surface area (Å²) in [6.07, 6.45) is -0.107. The fourth-order valence-corrected chi connectivity index (χ4v) is 3.09. The van der Waals surface area contributed by atoms with Crippen LogP contribution in [0.2, 0.25) is 0 Å². The number of amides is 3. The predicted octanol–water partition coefficient (Wildman–Crippen LogP) is -1.92. The summed E-state index contributed by atoms with van der Waals surface area (Å²) in [6.45, 7) is 7.10.